The van der Waals surface area contributed by atoms with E-state index in [-0.39, 0.29) is 5.75 Å². The first-order valence-corrected chi connectivity index (χ1v) is 8.87. The molecule has 0 atom stereocenters. The first-order valence-electron chi connectivity index (χ1n) is 6.81. The lowest BCUT2D eigenvalue weighted by atomic mass is 9.88. The third kappa shape index (κ3) is 3.56. The molecule has 0 N–H and O–H groups in total. The third-order valence-corrected chi connectivity index (χ3v) is 4.89. The molecule has 1 saturated carbocycles. The molecule has 4 nitrogen and oxygen atoms in total. The first kappa shape index (κ1) is 14.9. The van der Waals surface area contributed by atoms with Gasteiger partial charge in [0.1, 0.15) is 9.84 Å². The van der Waals surface area contributed by atoms with Gasteiger partial charge in [0.2, 0.25) is 6.08 Å². The molecule has 0 aliphatic heterocycles. The summed E-state index contributed by atoms with van der Waals surface area (Å²) in [6, 6.07) is 7.79. The van der Waals surface area contributed by atoms with Crippen molar-refractivity contribution in [1.82, 2.24) is 0 Å². The zero-order valence-electron chi connectivity index (χ0n) is 11.6. The van der Waals surface area contributed by atoms with Crippen LogP contribution >= 0.6 is 0 Å². The van der Waals surface area contributed by atoms with Crippen LogP contribution in [0, 0.1) is 0 Å². The van der Waals surface area contributed by atoms with Crippen LogP contribution in [0.25, 0.3) is 0 Å². The van der Waals surface area contributed by atoms with E-state index < -0.39 is 15.4 Å². The van der Waals surface area contributed by atoms with Gasteiger partial charge < -0.3 is 0 Å². The van der Waals surface area contributed by atoms with Crippen molar-refractivity contribution in [2.24, 2.45) is 4.99 Å². The van der Waals surface area contributed by atoms with Crippen molar-refractivity contribution >= 4 is 15.9 Å². The van der Waals surface area contributed by atoms with E-state index >= 15 is 0 Å². The summed E-state index contributed by atoms with van der Waals surface area (Å²) in [6.45, 7) is 0. The molecule has 0 heterocycles. The molecule has 0 aromatic heterocycles. The standard InChI is InChI=1S/C15H19NO3S/c1-20(18,19)11-8-13-4-6-14(7-5-13)15(16-12-17)9-2-3-10-15/h4-7H,2-3,8-11H2,1H3. The fourth-order valence-electron chi connectivity index (χ4n) is 2.80. The van der Waals surface area contributed by atoms with Crippen LogP contribution in [-0.4, -0.2) is 26.5 Å². The summed E-state index contributed by atoms with van der Waals surface area (Å²) in [5, 5.41) is 0. The van der Waals surface area contributed by atoms with Gasteiger partial charge in [-0.1, -0.05) is 37.1 Å². The molecule has 1 fully saturated rings. The number of benzene rings is 1. The van der Waals surface area contributed by atoms with Gasteiger partial charge >= 0.3 is 0 Å². The predicted molar refractivity (Wildman–Crippen MR) is 78.1 cm³/mol. The van der Waals surface area contributed by atoms with Gasteiger partial charge in [-0.25, -0.2) is 13.2 Å². The van der Waals surface area contributed by atoms with Crippen LogP contribution in [-0.2, 0) is 26.6 Å². The molecule has 0 radical (unpaired) electrons. The van der Waals surface area contributed by atoms with Gasteiger partial charge in [0.05, 0.1) is 11.3 Å². The highest BCUT2D eigenvalue weighted by Crippen LogP contribution is 2.42. The van der Waals surface area contributed by atoms with E-state index in [4.69, 9.17) is 0 Å². The van der Waals surface area contributed by atoms with E-state index in [1.54, 1.807) is 6.08 Å². The zero-order valence-corrected chi connectivity index (χ0v) is 12.4. The number of rotatable bonds is 5. The highest BCUT2D eigenvalue weighted by molar-refractivity contribution is 7.90. The Labute approximate surface area is 119 Å². The highest BCUT2D eigenvalue weighted by atomic mass is 32.2. The van der Waals surface area contributed by atoms with Gasteiger partial charge in [0.25, 0.3) is 0 Å². The largest absolute Gasteiger partial charge is 0.235 e. The molecule has 0 bridgehead atoms. The lowest BCUT2D eigenvalue weighted by Gasteiger charge is -2.23. The molecule has 1 aromatic rings. The number of carbonyl (C=O) groups excluding carboxylic acids is 1. The highest BCUT2D eigenvalue weighted by Gasteiger charge is 2.35. The number of aliphatic imine (C=N–C) groups is 1. The minimum absolute atomic E-state index is 0.157. The maximum absolute atomic E-state index is 11.2. The lowest BCUT2D eigenvalue weighted by Crippen LogP contribution is -2.18. The maximum Gasteiger partial charge on any atom is 0.235 e. The van der Waals surface area contributed by atoms with Gasteiger partial charge in [-0.15, -0.1) is 0 Å². The average molecular weight is 293 g/mol. The Balaban J connectivity index is 2.17. The number of nitrogens with zero attached hydrogens (tertiary/aromatic N) is 1. The van der Waals surface area contributed by atoms with Crippen molar-refractivity contribution in [3.8, 4) is 0 Å². The second-order valence-electron chi connectivity index (χ2n) is 5.52. The molecule has 0 amide bonds. The third-order valence-electron chi connectivity index (χ3n) is 3.94. The Hall–Kier alpha value is -1.45. The van der Waals surface area contributed by atoms with Crippen molar-refractivity contribution in [2.45, 2.75) is 37.6 Å². The van der Waals surface area contributed by atoms with E-state index in [0.717, 1.165) is 36.8 Å². The molecule has 1 aromatic carbocycles. The quantitative estimate of drug-likeness (QED) is 0.618. The van der Waals surface area contributed by atoms with Crippen molar-refractivity contribution in [2.75, 3.05) is 12.0 Å². The minimum Gasteiger partial charge on any atom is -0.229 e. The molecule has 0 saturated heterocycles. The summed E-state index contributed by atoms with van der Waals surface area (Å²) in [7, 11) is -2.94. The van der Waals surface area contributed by atoms with Crippen LogP contribution in [0.3, 0.4) is 0 Å². The molecule has 20 heavy (non-hydrogen) atoms. The van der Waals surface area contributed by atoms with Crippen molar-refractivity contribution in [3.63, 3.8) is 0 Å². The van der Waals surface area contributed by atoms with Crippen molar-refractivity contribution < 1.29 is 13.2 Å². The molecule has 0 spiro atoms. The van der Waals surface area contributed by atoms with Crippen LogP contribution in [0.4, 0.5) is 0 Å². The monoisotopic (exact) mass is 293 g/mol. The Morgan fingerprint density at radius 1 is 1.20 bits per heavy atom. The number of sulfone groups is 1. The van der Waals surface area contributed by atoms with Crippen LogP contribution in [0.15, 0.2) is 29.3 Å². The van der Waals surface area contributed by atoms with E-state index in [9.17, 15) is 13.2 Å². The van der Waals surface area contributed by atoms with E-state index in [2.05, 4.69) is 4.99 Å². The molecule has 1 aliphatic rings. The summed E-state index contributed by atoms with van der Waals surface area (Å²) in [6.07, 6.45) is 7.37. The summed E-state index contributed by atoms with van der Waals surface area (Å²) in [5.41, 5.74) is 1.61. The molecular weight excluding hydrogens is 274 g/mol. The number of aryl methyl sites for hydroxylation is 1. The van der Waals surface area contributed by atoms with Gasteiger partial charge in [-0.3, -0.25) is 0 Å². The number of isocyanates is 1. The smallest absolute Gasteiger partial charge is 0.229 e. The summed E-state index contributed by atoms with van der Waals surface area (Å²) < 4.78 is 22.3. The fourth-order valence-corrected chi connectivity index (χ4v) is 3.40. The number of hydrogen-bond acceptors (Lipinski definition) is 4. The molecule has 1 aliphatic carbocycles. The predicted octanol–water partition coefficient (Wildman–Crippen LogP) is 2.38. The van der Waals surface area contributed by atoms with Gasteiger partial charge in [0, 0.05) is 6.26 Å². The van der Waals surface area contributed by atoms with Crippen molar-refractivity contribution in [1.29, 1.82) is 0 Å². The fraction of sp³-hybridized carbons (Fsp3) is 0.533. The van der Waals surface area contributed by atoms with Gasteiger partial charge in [0.15, 0.2) is 0 Å². The van der Waals surface area contributed by atoms with Gasteiger partial charge in [-0.2, -0.15) is 4.99 Å². The SMILES string of the molecule is CS(=O)(=O)CCc1ccc(C2(N=C=O)CCCC2)cc1. The Morgan fingerprint density at radius 3 is 2.30 bits per heavy atom. The van der Waals surface area contributed by atoms with Crippen LogP contribution in [0.5, 0.6) is 0 Å². The molecule has 5 heteroatoms. The van der Waals surface area contributed by atoms with Crippen LogP contribution in [0.2, 0.25) is 0 Å². The normalized spacial score (nSPS) is 17.6. The molecule has 2 rings (SSSR count). The summed E-state index contributed by atoms with van der Waals surface area (Å²) in [5.74, 6) is 0.157. The van der Waals surface area contributed by atoms with Gasteiger partial charge in [-0.05, 0) is 30.4 Å². The van der Waals surface area contributed by atoms with E-state index in [1.165, 1.54) is 6.26 Å². The Morgan fingerprint density at radius 2 is 1.80 bits per heavy atom. The molecular formula is C15H19NO3S. The summed E-state index contributed by atoms with van der Waals surface area (Å²) in [4.78, 5) is 14.7. The topological polar surface area (TPSA) is 63.6 Å². The number of hydrogen-bond donors (Lipinski definition) is 0. The van der Waals surface area contributed by atoms with Crippen LogP contribution < -0.4 is 0 Å². The zero-order chi connectivity index (χ0) is 14.6. The Kier molecular flexibility index (Phi) is 4.41. The minimum atomic E-state index is -2.94. The second kappa shape index (κ2) is 5.90. The Bertz CT molecular complexity index is 607. The maximum atomic E-state index is 11.2. The van der Waals surface area contributed by atoms with E-state index in [1.807, 2.05) is 24.3 Å². The molecule has 108 valence electrons. The lowest BCUT2D eigenvalue weighted by molar-refractivity contribution is 0.456. The first-order chi connectivity index (χ1) is 9.45. The van der Waals surface area contributed by atoms with Crippen molar-refractivity contribution in [3.05, 3.63) is 35.4 Å². The average Bonchev–Trinajstić information content (AvgIpc) is 2.86. The van der Waals surface area contributed by atoms with E-state index in [0.29, 0.717) is 6.42 Å². The second-order valence-corrected chi connectivity index (χ2v) is 7.78. The summed E-state index contributed by atoms with van der Waals surface area (Å²) >= 11 is 0. The molecule has 0 unspecified atom stereocenters. The van der Waals surface area contributed by atoms with Crippen LogP contribution in [0.1, 0.15) is 36.8 Å².